The van der Waals surface area contributed by atoms with Crippen LogP contribution in [0.2, 0.25) is 10.0 Å². The minimum Gasteiger partial charge on any atom is -0.347 e. The number of hydrogen-bond donors (Lipinski definition) is 3. The molecule has 1 aromatic heterocycles. The third-order valence-corrected chi connectivity index (χ3v) is 4.92. The lowest BCUT2D eigenvalue weighted by atomic mass is 10.0. The predicted molar refractivity (Wildman–Crippen MR) is 115 cm³/mol. The van der Waals surface area contributed by atoms with E-state index in [1.165, 1.54) is 6.07 Å². The van der Waals surface area contributed by atoms with Crippen LogP contribution in [0.5, 0.6) is 0 Å². The molecule has 2 amide bonds. The molecule has 1 atom stereocenters. The van der Waals surface area contributed by atoms with Gasteiger partial charge in [0, 0.05) is 5.02 Å². The molecule has 1 heterocycles. The molecule has 2 aromatic carbocycles. The Morgan fingerprint density at radius 2 is 1.90 bits per heavy atom. The van der Waals surface area contributed by atoms with Gasteiger partial charge < -0.3 is 15.6 Å². The number of aromatic nitrogens is 2. The van der Waals surface area contributed by atoms with E-state index >= 15 is 0 Å². The molecule has 3 rings (SSSR count). The first-order chi connectivity index (χ1) is 13.8. The Labute approximate surface area is 179 Å². The van der Waals surface area contributed by atoms with E-state index in [4.69, 9.17) is 23.2 Å². The average Bonchev–Trinajstić information content (AvgIpc) is 3.08. The van der Waals surface area contributed by atoms with E-state index in [2.05, 4.69) is 20.6 Å². The highest BCUT2D eigenvalue weighted by atomic mass is 35.5. The van der Waals surface area contributed by atoms with Crippen LogP contribution in [0.25, 0.3) is 11.0 Å². The van der Waals surface area contributed by atoms with Crippen molar-refractivity contribution >= 4 is 46.0 Å². The van der Waals surface area contributed by atoms with Crippen molar-refractivity contribution in [2.45, 2.75) is 32.9 Å². The second-order valence-electron chi connectivity index (χ2n) is 7.20. The van der Waals surface area contributed by atoms with Crippen molar-refractivity contribution in [2.75, 3.05) is 0 Å². The zero-order valence-electron chi connectivity index (χ0n) is 16.1. The summed E-state index contributed by atoms with van der Waals surface area (Å²) >= 11 is 12.0. The van der Waals surface area contributed by atoms with Crippen LogP contribution in [-0.2, 0) is 11.3 Å². The van der Waals surface area contributed by atoms with E-state index in [1.807, 2.05) is 38.1 Å². The molecule has 0 aliphatic heterocycles. The Hall–Kier alpha value is -2.57. The number of halogens is 2. The Bertz CT molecular complexity index is 999. The summed E-state index contributed by atoms with van der Waals surface area (Å²) in [5, 5.41) is 6.30. The van der Waals surface area contributed by atoms with Crippen molar-refractivity contribution in [2.24, 2.45) is 5.92 Å². The number of hydrogen-bond acceptors (Lipinski definition) is 3. The van der Waals surface area contributed by atoms with Crippen LogP contribution in [0, 0.1) is 5.92 Å². The van der Waals surface area contributed by atoms with E-state index in [0.29, 0.717) is 17.3 Å². The largest absolute Gasteiger partial charge is 0.347 e. The zero-order valence-corrected chi connectivity index (χ0v) is 17.6. The fraction of sp³-hybridized carbons (Fsp3) is 0.286. The number of amides is 2. The van der Waals surface area contributed by atoms with Crippen molar-refractivity contribution in [3.63, 3.8) is 0 Å². The van der Waals surface area contributed by atoms with E-state index < -0.39 is 11.9 Å². The van der Waals surface area contributed by atoms with Gasteiger partial charge in [-0.2, -0.15) is 0 Å². The van der Waals surface area contributed by atoms with Gasteiger partial charge in [0.25, 0.3) is 5.91 Å². The van der Waals surface area contributed by atoms with Crippen molar-refractivity contribution in [1.29, 1.82) is 0 Å². The van der Waals surface area contributed by atoms with E-state index in [9.17, 15) is 9.59 Å². The summed E-state index contributed by atoms with van der Waals surface area (Å²) in [7, 11) is 0. The molecule has 0 saturated heterocycles. The highest BCUT2D eigenvalue weighted by Crippen LogP contribution is 2.21. The topological polar surface area (TPSA) is 86.9 Å². The van der Waals surface area contributed by atoms with Crippen molar-refractivity contribution in [3.05, 3.63) is 63.9 Å². The highest BCUT2D eigenvalue weighted by molar-refractivity contribution is 6.36. The molecule has 0 aliphatic rings. The number of H-pyrrole nitrogens is 1. The molecular weight excluding hydrogens is 411 g/mol. The van der Waals surface area contributed by atoms with Crippen LogP contribution < -0.4 is 10.6 Å². The number of aromatic amines is 1. The van der Waals surface area contributed by atoms with Crippen LogP contribution in [0.1, 0.15) is 36.5 Å². The van der Waals surface area contributed by atoms with Crippen molar-refractivity contribution in [1.82, 2.24) is 20.6 Å². The fourth-order valence-electron chi connectivity index (χ4n) is 3.00. The molecule has 0 radical (unpaired) electrons. The maximum atomic E-state index is 12.8. The van der Waals surface area contributed by atoms with Crippen molar-refractivity contribution in [3.8, 4) is 0 Å². The molecule has 6 nitrogen and oxygen atoms in total. The molecule has 0 saturated carbocycles. The number of benzene rings is 2. The summed E-state index contributed by atoms with van der Waals surface area (Å²) < 4.78 is 0. The average molecular weight is 433 g/mol. The van der Waals surface area contributed by atoms with Gasteiger partial charge in [-0.15, -0.1) is 0 Å². The van der Waals surface area contributed by atoms with Gasteiger partial charge >= 0.3 is 0 Å². The third-order valence-electron chi connectivity index (χ3n) is 4.37. The lowest BCUT2D eigenvalue weighted by molar-refractivity contribution is -0.123. The number of rotatable bonds is 7. The predicted octanol–water partition coefficient (Wildman–Crippen LogP) is 4.33. The molecular formula is C21H22Cl2N4O2. The third kappa shape index (κ3) is 5.49. The van der Waals surface area contributed by atoms with Crippen LogP contribution in [0.15, 0.2) is 42.5 Å². The highest BCUT2D eigenvalue weighted by Gasteiger charge is 2.23. The molecule has 3 aromatic rings. The summed E-state index contributed by atoms with van der Waals surface area (Å²) in [5.41, 5.74) is 2.01. The molecule has 0 bridgehead atoms. The van der Waals surface area contributed by atoms with Crippen LogP contribution >= 0.6 is 23.2 Å². The minimum atomic E-state index is -0.696. The standard InChI is InChI=1S/C21H22Cl2N4O2/c1-12(2)9-18(27-20(28)14-8-7-13(22)10-15(14)23)21(29)24-11-19-25-16-5-3-4-6-17(16)26-19/h3-8,10,12,18H,9,11H2,1-2H3,(H,24,29)(H,25,26)(H,27,28)/t18-/m1/s1. The van der Waals surface area contributed by atoms with Gasteiger partial charge in [0.05, 0.1) is 28.2 Å². The van der Waals surface area contributed by atoms with Gasteiger partial charge in [-0.1, -0.05) is 49.2 Å². The molecule has 8 heteroatoms. The van der Waals surface area contributed by atoms with Gasteiger partial charge in [0.15, 0.2) is 0 Å². The number of nitrogens with zero attached hydrogens (tertiary/aromatic N) is 1. The second-order valence-corrected chi connectivity index (χ2v) is 8.04. The maximum Gasteiger partial charge on any atom is 0.253 e. The summed E-state index contributed by atoms with van der Waals surface area (Å²) in [6.45, 7) is 4.21. The number of carbonyl (C=O) groups excluding carboxylic acids is 2. The Morgan fingerprint density at radius 3 is 2.59 bits per heavy atom. The van der Waals surface area contributed by atoms with Gasteiger partial charge in [0.1, 0.15) is 11.9 Å². The number of carbonyl (C=O) groups is 2. The zero-order chi connectivity index (χ0) is 21.0. The first-order valence-corrected chi connectivity index (χ1v) is 10.1. The quantitative estimate of drug-likeness (QED) is 0.518. The Kier molecular flexibility index (Phi) is 6.77. The first-order valence-electron chi connectivity index (χ1n) is 9.30. The normalized spacial score (nSPS) is 12.2. The second kappa shape index (κ2) is 9.29. The molecule has 0 fully saturated rings. The van der Waals surface area contributed by atoms with Gasteiger partial charge in [-0.05, 0) is 42.7 Å². The summed E-state index contributed by atoms with van der Waals surface area (Å²) in [6, 6.07) is 11.6. The number of para-hydroxylation sites is 2. The van der Waals surface area contributed by atoms with E-state index in [0.717, 1.165) is 11.0 Å². The summed E-state index contributed by atoms with van der Waals surface area (Å²) in [4.78, 5) is 33.0. The summed E-state index contributed by atoms with van der Waals surface area (Å²) in [5.74, 6) is 0.154. The van der Waals surface area contributed by atoms with Crippen LogP contribution in [0.3, 0.4) is 0 Å². The SMILES string of the molecule is CC(C)C[C@@H](NC(=O)c1ccc(Cl)cc1Cl)C(=O)NCc1nc2ccccc2[nH]1. The smallest absolute Gasteiger partial charge is 0.253 e. The Balaban J connectivity index is 1.68. The molecule has 152 valence electrons. The van der Waals surface area contributed by atoms with E-state index in [1.54, 1.807) is 12.1 Å². The molecule has 3 N–H and O–H groups in total. The first kappa shape index (κ1) is 21.1. The lowest BCUT2D eigenvalue weighted by Gasteiger charge is -2.20. The number of fused-ring (bicyclic) bond motifs is 1. The monoisotopic (exact) mass is 432 g/mol. The van der Waals surface area contributed by atoms with Crippen LogP contribution in [-0.4, -0.2) is 27.8 Å². The van der Waals surface area contributed by atoms with Gasteiger partial charge in [-0.25, -0.2) is 4.98 Å². The summed E-state index contributed by atoms with van der Waals surface area (Å²) in [6.07, 6.45) is 0.489. The fourth-order valence-corrected chi connectivity index (χ4v) is 3.49. The Morgan fingerprint density at radius 1 is 1.14 bits per heavy atom. The number of imidazole rings is 1. The molecule has 0 unspecified atom stereocenters. The number of nitrogens with one attached hydrogen (secondary N) is 3. The minimum absolute atomic E-state index is 0.206. The lowest BCUT2D eigenvalue weighted by Crippen LogP contribution is -2.47. The van der Waals surface area contributed by atoms with E-state index in [-0.39, 0.29) is 29.0 Å². The maximum absolute atomic E-state index is 12.8. The van der Waals surface area contributed by atoms with Crippen molar-refractivity contribution < 1.29 is 9.59 Å². The van der Waals surface area contributed by atoms with Crippen LogP contribution in [0.4, 0.5) is 0 Å². The molecule has 0 aliphatic carbocycles. The van der Waals surface area contributed by atoms with Gasteiger partial charge in [0.2, 0.25) is 5.91 Å². The molecule has 29 heavy (non-hydrogen) atoms. The molecule has 0 spiro atoms. The van der Waals surface area contributed by atoms with Gasteiger partial charge in [-0.3, -0.25) is 9.59 Å².